The van der Waals surface area contributed by atoms with Crippen LogP contribution in [0.4, 0.5) is 9.52 Å². The molecule has 0 bridgehead atoms. The Hall–Kier alpha value is -2.33. The number of fused-ring (bicyclic) bond motifs is 1. The lowest BCUT2D eigenvalue weighted by atomic mass is 10.1. The van der Waals surface area contributed by atoms with E-state index in [0.717, 1.165) is 14.5 Å². The Kier molecular flexibility index (Phi) is 4.68. The molecule has 1 unspecified atom stereocenters. The number of nitrogens with one attached hydrogen (secondary N) is 1. The first kappa shape index (κ1) is 17.1. The number of hydrogen-bond donors (Lipinski definition) is 1. The molecule has 0 aliphatic heterocycles. The average Bonchev–Trinajstić information content (AvgIpc) is 3.24. The Morgan fingerprint density at radius 1 is 1.27 bits per heavy atom. The molecule has 0 radical (unpaired) electrons. The summed E-state index contributed by atoms with van der Waals surface area (Å²) in [4.78, 5) is 17.0. The molecule has 1 N–H and O–H groups in total. The quantitative estimate of drug-likeness (QED) is 0.441. The minimum atomic E-state index is -0.806. The highest BCUT2D eigenvalue weighted by Gasteiger charge is 2.25. The maximum atomic E-state index is 13.8. The van der Waals surface area contributed by atoms with Crippen LogP contribution in [0.5, 0.6) is 0 Å². The fourth-order valence-corrected chi connectivity index (χ4v) is 3.71. The second-order valence-corrected chi connectivity index (χ2v) is 7.74. The molecule has 0 fully saturated rings. The van der Waals surface area contributed by atoms with E-state index >= 15 is 0 Å². The third kappa shape index (κ3) is 3.47. The van der Waals surface area contributed by atoms with E-state index < -0.39 is 11.9 Å². The summed E-state index contributed by atoms with van der Waals surface area (Å²) in [5.41, 5.74) is 1.29. The van der Waals surface area contributed by atoms with Crippen LogP contribution in [-0.2, 0) is 4.79 Å². The number of hydrogen-bond acceptors (Lipinski definition) is 4. The molecule has 5 nitrogen and oxygen atoms in total. The first-order valence-electron chi connectivity index (χ1n) is 7.70. The molecule has 2 heterocycles. The lowest BCUT2D eigenvalue weighted by Crippen LogP contribution is -2.27. The maximum absolute atomic E-state index is 13.8. The van der Waals surface area contributed by atoms with Gasteiger partial charge in [-0.3, -0.25) is 14.8 Å². The number of thiazole rings is 1. The van der Waals surface area contributed by atoms with Crippen molar-refractivity contribution in [3.8, 4) is 0 Å². The van der Waals surface area contributed by atoms with Gasteiger partial charge in [0.1, 0.15) is 5.82 Å². The third-order valence-corrected chi connectivity index (χ3v) is 5.19. The number of aromatic nitrogens is 3. The molecule has 2 aromatic heterocycles. The first-order chi connectivity index (χ1) is 12.6. The lowest BCUT2D eigenvalue weighted by Gasteiger charge is -2.17. The van der Waals surface area contributed by atoms with E-state index in [0.29, 0.717) is 10.7 Å². The van der Waals surface area contributed by atoms with Gasteiger partial charge in [-0.25, -0.2) is 9.37 Å². The molecular weight excluding hydrogens is 466 g/mol. The summed E-state index contributed by atoms with van der Waals surface area (Å²) < 4.78 is 16.4. The molecule has 8 heteroatoms. The van der Waals surface area contributed by atoms with Crippen LogP contribution in [0.1, 0.15) is 11.6 Å². The number of carbonyl (C=O) groups excluding carboxylic acids is 1. The Bertz CT molecular complexity index is 1080. The van der Waals surface area contributed by atoms with Crippen molar-refractivity contribution in [2.45, 2.75) is 6.04 Å². The number of benzene rings is 2. The maximum Gasteiger partial charge on any atom is 0.255 e. The van der Waals surface area contributed by atoms with E-state index in [1.54, 1.807) is 34.6 Å². The Morgan fingerprint density at radius 2 is 2.15 bits per heavy atom. The molecule has 0 aliphatic carbocycles. The van der Waals surface area contributed by atoms with Crippen molar-refractivity contribution in [2.24, 2.45) is 0 Å². The van der Waals surface area contributed by atoms with Gasteiger partial charge in [0.2, 0.25) is 0 Å². The summed E-state index contributed by atoms with van der Waals surface area (Å²) in [7, 11) is 0. The molecule has 26 heavy (non-hydrogen) atoms. The van der Waals surface area contributed by atoms with Crippen molar-refractivity contribution in [1.29, 1.82) is 0 Å². The predicted octanol–water partition coefficient (Wildman–Crippen LogP) is 4.46. The van der Waals surface area contributed by atoms with Crippen LogP contribution >= 0.6 is 33.9 Å². The minimum Gasteiger partial charge on any atom is -0.300 e. The molecule has 1 atom stereocenters. The highest BCUT2D eigenvalue weighted by molar-refractivity contribution is 14.1. The fourth-order valence-electron chi connectivity index (χ4n) is 2.70. The lowest BCUT2D eigenvalue weighted by molar-refractivity contribution is -0.118. The average molecular weight is 478 g/mol. The van der Waals surface area contributed by atoms with Gasteiger partial charge in [0.05, 0.1) is 5.52 Å². The summed E-state index contributed by atoms with van der Waals surface area (Å²) in [5.74, 6) is -0.728. The van der Waals surface area contributed by atoms with Gasteiger partial charge in [-0.1, -0.05) is 18.2 Å². The summed E-state index contributed by atoms with van der Waals surface area (Å²) >= 11 is 3.53. The standard InChI is InChI=1S/C18H12FIN4OS/c19-13-3-1-2-11(8-13)16(17(25)22-18-21-6-7-26-18)24-10-12-4-5-14(20)9-15(12)23-24/h1-10,16H,(H,21,22,25). The number of halogens is 2. The number of nitrogens with zero attached hydrogens (tertiary/aromatic N) is 3. The Balaban J connectivity index is 1.79. The van der Waals surface area contributed by atoms with Crippen molar-refractivity contribution >= 4 is 55.9 Å². The number of rotatable bonds is 4. The topological polar surface area (TPSA) is 59.8 Å². The Morgan fingerprint density at radius 3 is 2.92 bits per heavy atom. The number of carbonyl (C=O) groups is 1. The number of anilines is 1. The normalized spacial score (nSPS) is 12.2. The van der Waals surface area contributed by atoms with E-state index in [2.05, 4.69) is 38.0 Å². The molecule has 4 aromatic rings. The van der Waals surface area contributed by atoms with Gasteiger partial charge in [0.25, 0.3) is 5.91 Å². The summed E-state index contributed by atoms with van der Waals surface area (Å²) in [6.45, 7) is 0. The van der Waals surface area contributed by atoms with Crippen LogP contribution in [0.15, 0.2) is 60.2 Å². The van der Waals surface area contributed by atoms with Crippen LogP contribution in [0.25, 0.3) is 10.9 Å². The zero-order valence-corrected chi connectivity index (χ0v) is 16.2. The van der Waals surface area contributed by atoms with Gasteiger partial charge in [0, 0.05) is 26.7 Å². The third-order valence-electron chi connectivity index (χ3n) is 3.83. The number of amides is 1. The predicted molar refractivity (Wildman–Crippen MR) is 108 cm³/mol. The van der Waals surface area contributed by atoms with E-state index in [9.17, 15) is 9.18 Å². The highest BCUT2D eigenvalue weighted by Crippen LogP contribution is 2.25. The first-order valence-corrected chi connectivity index (χ1v) is 9.66. The van der Waals surface area contributed by atoms with Crippen LogP contribution in [0, 0.1) is 9.39 Å². The fraction of sp³-hybridized carbons (Fsp3) is 0.0556. The molecule has 0 aliphatic rings. The van der Waals surface area contributed by atoms with Gasteiger partial charge in [-0.2, -0.15) is 5.10 Å². The van der Waals surface area contributed by atoms with Gasteiger partial charge in [-0.15, -0.1) is 11.3 Å². The molecule has 4 rings (SSSR count). The van der Waals surface area contributed by atoms with Crippen LogP contribution < -0.4 is 5.32 Å². The van der Waals surface area contributed by atoms with Crippen molar-refractivity contribution in [3.05, 3.63) is 75.2 Å². The summed E-state index contributed by atoms with van der Waals surface area (Å²) in [5, 5.41) is 10.5. The van der Waals surface area contributed by atoms with Gasteiger partial charge in [-0.05, 0) is 52.4 Å². The molecule has 0 saturated carbocycles. The minimum absolute atomic E-state index is 0.326. The largest absolute Gasteiger partial charge is 0.300 e. The SMILES string of the molecule is O=C(Nc1nccs1)C(c1cccc(F)c1)n1cc2ccc(I)cc2n1. The molecule has 0 spiro atoms. The van der Waals surface area contributed by atoms with Crippen molar-refractivity contribution < 1.29 is 9.18 Å². The van der Waals surface area contributed by atoms with E-state index in [-0.39, 0.29) is 5.91 Å². The molecule has 130 valence electrons. The van der Waals surface area contributed by atoms with Crippen LogP contribution in [0.3, 0.4) is 0 Å². The van der Waals surface area contributed by atoms with Crippen molar-refractivity contribution in [3.63, 3.8) is 0 Å². The van der Waals surface area contributed by atoms with Crippen molar-refractivity contribution in [2.75, 3.05) is 5.32 Å². The Labute approximate surface area is 166 Å². The van der Waals surface area contributed by atoms with Crippen LogP contribution in [0.2, 0.25) is 0 Å². The smallest absolute Gasteiger partial charge is 0.255 e. The monoisotopic (exact) mass is 478 g/mol. The zero-order chi connectivity index (χ0) is 18.1. The zero-order valence-electron chi connectivity index (χ0n) is 13.3. The molecule has 1 amide bonds. The van der Waals surface area contributed by atoms with Gasteiger partial charge < -0.3 is 0 Å². The second-order valence-electron chi connectivity index (χ2n) is 5.60. The molecular formula is C18H12FIN4OS. The molecule has 0 saturated heterocycles. The highest BCUT2D eigenvalue weighted by atomic mass is 127. The summed E-state index contributed by atoms with van der Waals surface area (Å²) in [6, 6.07) is 11.0. The van der Waals surface area contributed by atoms with E-state index in [4.69, 9.17) is 0 Å². The van der Waals surface area contributed by atoms with Crippen LogP contribution in [-0.4, -0.2) is 20.7 Å². The second kappa shape index (κ2) is 7.12. The van der Waals surface area contributed by atoms with Gasteiger partial charge >= 0.3 is 0 Å². The van der Waals surface area contributed by atoms with Crippen molar-refractivity contribution in [1.82, 2.24) is 14.8 Å². The van der Waals surface area contributed by atoms with Gasteiger partial charge in [0.15, 0.2) is 11.2 Å². The molecule has 2 aromatic carbocycles. The van der Waals surface area contributed by atoms with E-state index in [1.165, 1.54) is 23.5 Å². The van der Waals surface area contributed by atoms with E-state index in [1.807, 2.05) is 18.2 Å². The summed E-state index contributed by atoms with van der Waals surface area (Å²) in [6.07, 6.45) is 3.41.